The topological polar surface area (TPSA) is 49.8 Å². The van der Waals surface area contributed by atoms with Crippen LogP contribution in [-0.4, -0.2) is 37.7 Å². The Morgan fingerprint density at radius 1 is 1.40 bits per heavy atom. The van der Waals surface area contributed by atoms with E-state index in [1.807, 2.05) is 0 Å². The van der Waals surface area contributed by atoms with Crippen molar-refractivity contribution in [2.24, 2.45) is 5.73 Å². The summed E-state index contributed by atoms with van der Waals surface area (Å²) in [6, 6.07) is 0. The van der Waals surface area contributed by atoms with Gasteiger partial charge in [-0.25, -0.2) is 0 Å². The summed E-state index contributed by atoms with van der Waals surface area (Å²) < 4.78 is 0. The van der Waals surface area contributed by atoms with E-state index >= 15 is 0 Å². The molecule has 0 atom stereocenters. The summed E-state index contributed by atoms with van der Waals surface area (Å²) in [5.74, 6) is 0. The van der Waals surface area contributed by atoms with E-state index in [1.165, 1.54) is 6.19 Å². The van der Waals surface area contributed by atoms with E-state index in [-0.39, 0.29) is 37.7 Å². The molecule has 0 spiro atoms. The van der Waals surface area contributed by atoms with Crippen molar-refractivity contribution in [1.82, 2.24) is 0 Å². The standard InChI is InChI=1S/CH2N2.2Li.2H/c2-1-3;;;;/h2H2;;;;. The second-order valence-corrected chi connectivity index (χ2v) is 0.129. The van der Waals surface area contributed by atoms with Gasteiger partial charge in [0, 0.05) is 0 Å². The predicted molar refractivity (Wildman–Crippen MR) is 24.1 cm³/mol. The Morgan fingerprint density at radius 2 is 1.40 bits per heavy atom. The van der Waals surface area contributed by atoms with E-state index in [0.29, 0.717) is 0 Å². The quantitative estimate of drug-likeness (QED) is 0.201. The maximum absolute atomic E-state index is 7.10. The van der Waals surface area contributed by atoms with Crippen molar-refractivity contribution in [2.45, 2.75) is 0 Å². The molecule has 0 heterocycles. The third kappa shape index (κ3) is 118. The molecular weight excluding hydrogens is 53.9 g/mol. The van der Waals surface area contributed by atoms with Gasteiger partial charge in [-0.05, 0) is 0 Å². The molecular formula is CH4Li2N2. The van der Waals surface area contributed by atoms with Crippen LogP contribution in [-0.2, 0) is 0 Å². The van der Waals surface area contributed by atoms with Gasteiger partial charge in [-0.2, -0.15) is 5.26 Å². The van der Waals surface area contributed by atoms with E-state index in [1.54, 1.807) is 0 Å². The molecule has 0 aromatic rings. The first-order valence-corrected chi connectivity index (χ1v) is 0.512. The van der Waals surface area contributed by atoms with Crippen LogP contribution in [0.25, 0.3) is 0 Å². The van der Waals surface area contributed by atoms with Crippen LogP contribution in [0.4, 0.5) is 0 Å². The average molecular weight is 57.9 g/mol. The Labute approximate surface area is 55.1 Å². The van der Waals surface area contributed by atoms with E-state index in [4.69, 9.17) is 5.26 Å². The molecule has 0 rings (SSSR count). The number of hydrogen-bond acceptors (Lipinski definition) is 2. The van der Waals surface area contributed by atoms with Crippen LogP contribution in [0.15, 0.2) is 0 Å². The van der Waals surface area contributed by atoms with Crippen molar-refractivity contribution in [1.29, 1.82) is 5.26 Å². The molecule has 2 N–H and O–H groups in total. The predicted octanol–water partition coefficient (Wildman–Crippen LogP) is -1.87. The molecule has 0 fully saturated rings. The summed E-state index contributed by atoms with van der Waals surface area (Å²) in [5, 5.41) is 7.10. The van der Waals surface area contributed by atoms with Gasteiger partial charge in [0.15, 0.2) is 6.19 Å². The zero-order valence-corrected chi connectivity index (χ0v) is 1.52. The molecule has 5 heavy (non-hydrogen) atoms. The summed E-state index contributed by atoms with van der Waals surface area (Å²) in [7, 11) is 0. The van der Waals surface area contributed by atoms with Crippen LogP contribution in [0.3, 0.4) is 0 Å². The maximum atomic E-state index is 7.10. The second-order valence-electron chi connectivity index (χ2n) is 0.129. The van der Waals surface area contributed by atoms with E-state index in [2.05, 4.69) is 5.73 Å². The summed E-state index contributed by atoms with van der Waals surface area (Å²) in [6.07, 6.45) is 1.25. The summed E-state index contributed by atoms with van der Waals surface area (Å²) >= 11 is 0. The van der Waals surface area contributed by atoms with Crippen LogP contribution in [0.2, 0.25) is 0 Å². The van der Waals surface area contributed by atoms with Gasteiger partial charge in [0.2, 0.25) is 0 Å². The normalized spacial score (nSPS) is 1.40. The van der Waals surface area contributed by atoms with Crippen LogP contribution >= 0.6 is 0 Å². The van der Waals surface area contributed by atoms with Crippen molar-refractivity contribution in [3.8, 4) is 6.19 Å². The zero-order valence-electron chi connectivity index (χ0n) is 1.52. The van der Waals surface area contributed by atoms with Gasteiger partial charge in [-0.3, -0.25) is 0 Å². The molecule has 0 aliphatic heterocycles. The summed E-state index contributed by atoms with van der Waals surface area (Å²) in [5.41, 5.74) is 4.15. The Hall–Kier alpha value is 0.485. The number of nitriles is 1. The van der Waals surface area contributed by atoms with Crippen molar-refractivity contribution in [3.63, 3.8) is 0 Å². The molecule has 0 saturated heterocycles. The fourth-order valence-electron chi connectivity index (χ4n) is 0. The van der Waals surface area contributed by atoms with Crippen LogP contribution in [0, 0.1) is 11.5 Å². The first kappa shape index (κ1) is 17.9. The second kappa shape index (κ2) is 24.7. The Balaban J connectivity index is -0.0000000200. The minimum atomic E-state index is 0. The van der Waals surface area contributed by atoms with Crippen molar-refractivity contribution in [3.05, 3.63) is 0 Å². The molecule has 0 aliphatic carbocycles. The molecule has 0 unspecified atom stereocenters. The Morgan fingerprint density at radius 3 is 1.40 bits per heavy atom. The van der Waals surface area contributed by atoms with E-state index < -0.39 is 0 Å². The molecule has 0 saturated carbocycles. The Bertz CT molecular complexity index is 29.1. The molecule has 20 valence electrons. The number of nitrogens with two attached hydrogens (primary N) is 1. The number of hydrogen-bond donors (Lipinski definition) is 1. The molecule has 0 aromatic carbocycles. The molecule has 4 heteroatoms. The fourth-order valence-corrected chi connectivity index (χ4v) is 0. The van der Waals surface area contributed by atoms with E-state index in [9.17, 15) is 0 Å². The van der Waals surface area contributed by atoms with Crippen molar-refractivity contribution in [2.75, 3.05) is 0 Å². The zero-order chi connectivity index (χ0) is 2.71. The number of nitrogens with zero attached hydrogens (tertiary/aromatic N) is 1. The van der Waals surface area contributed by atoms with Gasteiger partial charge in [0.05, 0.1) is 0 Å². The van der Waals surface area contributed by atoms with Crippen LogP contribution in [0.5, 0.6) is 0 Å². The molecule has 0 aliphatic rings. The van der Waals surface area contributed by atoms with Gasteiger partial charge in [0.25, 0.3) is 0 Å². The third-order valence-electron chi connectivity index (χ3n) is 0. The monoisotopic (exact) mass is 58.1 g/mol. The molecule has 0 radical (unpaired) electrons. The van der Waals surface area contributed by atoms with Crippen molar-refractivity contribution < 1.29 is 0 Å². The van der Waals surface area contributed by atoms with Crippen LogP contribution < -0.4 is 5.73 Å². The molecule has 0 aromatic heterocycles. The first-order valence-electron chi connectivity index (χ1n) is 0.512. The molecule has 0 bridgehead atoms. The fraction of sp³-hybridized carbons (Fsp3) is 0. The van der Waals surface area contributed by atoms with Gasteiger partial charge in [-0.15, -0.1) is 0 Å². The minimum absolute atomic E-state index is 0. The summed E-state index contributed by atoms with van der Waals surface area (Å²) in [4.78, 5) is 0. The summed E-state index contributed by atoms with van der Waals surface area (Å²) in [6.45, 7) is 0. The third-order valence-corrected chi connectivity index (χ3v) is 0. The average Bonchev–Trinajstić information content (AvgIpc) is 0.918. The molecule has 2 nitrogen and oxygen atoms in total. The molecule has 0 amide bonds. The van der Waals surface area contributed by atoms with Gasteiger partial charge in [-0.1, -0.05) is 0 Å². The van der Waals surface area contributed by atoms with Crippen molar-refractivity contribution >= 4 is 37.7 Å². The van der Waals surface area contributed by atoms with Gasteiger partial charge in [0.1, 0.15) is 0 Å². The van der Waals surface area contributed by atoms with Crippen LogP contribution in [0.1, 0.15) is 0 Å². The Kier molecular flexibility index (Phi) is 88.3. The van der Waals surface area contributed by atoms with E-state index in [0.717, 1.165) is 0 Å². The number of rotatable bonds is 0. The first-order chi connectivity index (χ1) is 1.41. The van der Waals surface area contributed by atoms with Gasteiger partial charge >= 0.3 is 37.7 Å². The van der Waals surface area contributed by atoms with Gasteiger partial charge < -0.3 is 5.73 Å². The SMILES string of the molecule is N#CN.[LiH].[LiH].